The van der Waals surface area contributed by atoms with Crippen molar-refractivity contribution in [2.75, 3.05) is 0 Å². The van der Waals surface area contributed by atoms with Crippen molar-refractivity contribution in [2.45, 2.75) is 0 Å². The van der Waals surface area contributed by atoms with Crippen LogP contribution >= 0.6 is 34.8 Å². The van der Waals surface area contributed by atoms with Crippen LogP contribution in [0.25, 0.3) is 0 Å². The summed E-state index contributed by atoms with van der Waals surface area (Å²) >= 11 is 16.2. The van der Waals surface area contributed by atoms with E-state index in [2.05, 4.69) is 4.33 Å². The molecule has 0 fully saturated rings. The summed E-state index contributed by atoms with van der Waals surface area (Å²) in [6.45, 7) is 0. The zero-order valence-corrected chi connectivity index (χ0v) is 5.89. The summed E-state index contributed by atoms with van der Waals surface area (Å²) in [5, 5.41) is 0.407. The number of rotatable bonds is 0. The summed E-state index contributed by atoms with van der Waals surface area (Å²) in [4.78, 5) is 0.344. The van der Waals surface area contributed by atoms with Gasteiger partial charge in [0.2, 0.25) is 0 Å². The average molecular weight is 169 g/mol. The molecule has 0 bridgehead atoms. The molecule has 0 spiro atoms. The van der Waals surface area contributed by atoms with Gasteiger partial charge in [0.15, 0.2) is 0 Å². The van der Waals surface area contributed by atoms with Crippen molar-refractivity contribution < 1.29 is 4.33 Å². The number of halogens is 3. The summed E-state index contributed by atoms with van der Waals surface area (Å²) in [7, 11) is 1.28. The van der Waals surface area contributed by atoms with Crippen LogP contribution in [0.1, 0.15) is 0 Å². The van der Waals surface area contributed by atoms with E-state index in [0.717, 1.165) is 0 Å². The van der Waals surface area contributed by atoms with Crippen LogP contribution in [0.2, 0.25) is 15.2 Å². The summed E-state index contributed by atoms with van der Waals surface area (Å²) in [5.41, 5.74) is 0. The van der Waals surface area contributed by atoms with Gasteiger partial charge in [-0.1, -0.05) is 0 Å². The predicted octanol–water partition coefficient (Wildman–Crippen LogP) is 2.58. The van der Waals surface area contributed by atoms with E-state index in [1.807, 2.05) is 0 Å². The zero-order valence-electron chi connectivity index (χ0n) is 3.62. The number of hydrogen-bond acceptors (Lipinski definition) is 1. The fraction of sp³-hybridized carbons (Fsp3) is 0. The normalized spacial score (nSPS) is 9.38. The van der Waals surface area contributed by atoms with Crippen molar-refractivity contribution in [3.8, 4) is 0 Å². The fourth-order valence-electron chi connectivity index (χ4n) is 0.301. The monoisotopic (exact) mass is 168 g/mol. The Morgan fingerprint density at radius 2 is 1.88 bits per heavy atom. The summed E-state index contributed by atoms with van der Waals surface area (Å²) in [6.07, 6.45) is 0. The molecule has 0 aliphatic carbocycles. The van der Waals surface area contributed by atoms with Gasteiger partial charge in [-0.15, -0.1) is 0 Å². The minimum atomic E-state index is 0.136. The van der Waals surface area contributed by atoms with Crippen LogP contribution in [0.3, 0.4) is 0 Å². The van der Waals surface area contributed by atoms with Gasteiger partial charge >= 0.3 is 61.4 Å². The van der Waals surface area contributed by atoms with Gasteiger partial charge in [-0.3, -0.25) is 0 Å². The first-order chi connectivity index (χ1) is 3.72. The van der Waals surface area contributed by atoms with Crippen LogP contribution in [-0.2, 0) is 0 Å². The van der Waals surface area contributed by atoms with Crippen LogP contribution in [0.4, 0.5) is 0 Å². The van der Waals surface area contributed by atoms with E-state index in [1.165, 1.54) is 7.13 Å². The van der Waals surface area contributed by atoms with Crippen molar-refractivity contribution in [1.29, 1.82) is 0 Å². The molecule has 8 heavy (non-hydrogen) atoms. The molecule has 0 atom stereocenters. The second-order valence-electron chi connectivity index (χ2n) is 1.17. The Hall–Kier alpha value is 0.345. The summed E-state index contributed by atoms with van der Waals surface area (Å²) in [6, 6.07) is 0. The van der Waals surface area contributed by atoms with E-state index in [0.29, 0.717) is 4.92 Å². The van der Waals surface area contributed by atoms with Crippen LogP contribution in [0.15, 0.2) is 4.33 Å². The Bertz CT molecular complexity index is 177. The van der Waals surface area contributed by atoms with E-state index in [-0.39, 0.29) is 10.2 Å². The first kappa shape index (κ1) is 6.46. The molecule has 0 unspecified atom stereocenters. The average Bonchev–Trinajstić information content (AvgIpc) is 1.98. The van der Waals surface area contributed by atoms with Gasteiger partial charge < -0.3 is 0 Å². The molecule has 1 nitrogen and oxygen atoms in total. The third-order valence-electron chi connectivity index (χ3n) is 0.648. The Balaban J connectivity index is 3.19. The van der Waals surface area contributed by atoms with Crippen molar-refractivity contribution in [2.24, 2.45) is 0 Å². The molecule has 0 aliphatic heterocycles. The van der Waals surface area contributed by atoms with Crippen molar-refractivity contribution in [3.05, 3.63) is 15.2 Å². The van der Waals surface area contributed by atoms with Gasteiger partial charge in [0.05, 0.1) is 0 Å². The van der Waals surface area contributed by atoms with Gasteiger partial charge in [-0.25, -0.2) is 0 Å². The van der Waals surface area contributed by atoms with Crippen LogP contribution in [0, 0.1) is 0 Å². The molecule has 0 aromatic carbocycles. The molecule has 1 aromatic rings. The van der Waals surface area contributed by atoms with Gasteiger partial charge in [0.1, 0.15) is 0 Å². The van der Waals surface area contributed by atoms with E-state index in [4.69, 9.17) is 34.8 Å². The van der Waals surface area contributed by atoms with E-state index in [9.17, 15) is 0 Å². The summed E-state index contributed by atoms with van der Waals surface area (Å²) < 4.78 is 4.60. The standard InChI is InChI=1S/C3BCl3O/c5-1-2(6)4-8-3(1)7. The Morgan fingerprint density at radius 3 is 2.00 bits per heavy atom. The fourth-order valence-corrected chi connectivity index (χ4v) is 0.715. The summed E-state index contributed by atoms with van der Waals surface area (Å²) in [5.74, 6) is 0. The third kappa shape index (κ3) is 1.02. The molecule has 42 valence electrons. The van der Waals surface area contributed by atoms with Gasteiger partial charge in [-0.2, -0.15) is 0 Å². The van der Waals surface area contributed by atoms with Crippen LogP contribution < -0.4 is 0 Å². The molecule has 1 rings (SSSR count). The van der Waals surface area contributed by atoms with Gasteiger partial charge in [-0.05, 0) is 0 Å². The van der Waals surface area contributed by atoms with Crippen molar-refractivity contribution >= 4 is 41.9 Å². The Kier molecular flexibility index (Phi) is 1.86. The SMILES string of the molecule is Clc1boc(Cl)c1Cl. The molecule has 1 aromatic heterocycles. The van der Waals surface area contributed by atoms with Gasteiger partial charge in [0.25, 0.3) is 0 Å². The van der Waals surface area contributed by atoms with Crippen LogP contribution in [-0.4, -0.2) is 7.13 Å². The third-order valence-corrected chi connectivity index (χ3v) is 1.77. The molecule has 0 aliphatic rings. The topological polar surface area (TPSA) is 13.1 Å². The molecule has 0 amide bonds. The molecule has 0 saturated heterocycles. The van der Waals surface area contributed by atoms with Crippen LogP contribution in [0.5, 0.6) is 0 Å². The molecule has 0 radical (unpaired) electrons. The Labute approximate surface area is 61.8 Å². The van der Waals surface area contributed by atoms with Gasteiger partial charge in [0, 0.05) is 0 Å². The zero-order chi connectivity index (χ0) is 6.15. The molecule has 0 N–H and O–H groups in total. The van der Waals surface area contributed by atoms with E-state index < -0.39 is 0 Å². The molecular weight excluding hydrogens is 169 g/mol. The minimum absolute atomic E-state index is 0.136. The van der Waals surface area contributed by atoms with E-state index >= 15 is 0 Å². The second-order valence-corrected chi connectivity index (χ2v) is 2.30. The Morgan fingerprint density at radius 1 is 1.25 bits per heavy atom. The molecule has 1 heterocycles. The quantitative estimate of drug-likeness (QED) is 0.581. The first-order valence-corrected chi connectivity index (χ1v) is 2.93. The molecule has 0 saturated carbocycles. The molecule has 5 heteroatoms. The molecular formula is C3BCl3O. The maximum absolute atomic E-state index is 5.44. The van der Waals surface area contributed by atoms with Crippen molar-refractivity contribution in [1.82, 2.24) is 0 Å². The first-order valence-electron chi connectivity index (χ1n) is 1.80. The predicted molar refractivity (Wildman–Crippen MR) is 35.1 cm³/mol. The number of hydrogen-bond donors (Lipinski definition) is 0. The van der Waals surface area contributed by atoms with Crippen molar-refractivity contribution in [3.63, 3.8) is 0 Å². The second kappa shape index (κ2) is 2.30. The maximum atomic E-state index is 5.44. The van der Waals surface area contributed by atoms with E-state index in [1.54, 1.807) is 0 Å².